The molecule has 3 heteroatoms. The summed E-state index contributed by atoms with van der Waals surface area (Å²) in [5.41, 5.74) is 8.97. The molecule has 0 saturated heterocycles. The van der Waals surface area contributed by atoms with Gasteiger partial charge in [-0.1, -0.05) is 13.3 Å². The maximum atomic E-state index is 6.02. The highest BCUT2D eigenvalue weighted by molar-refractivity contribution is 5.71. The third kappa shape index (κ3) is 2.81. The Bertz CT molecular complexity index is 350. The Morgan fingerprint density at radius 2 is 2.06 bits per heavy atom. The Morgan fingerprint density at radius 3 is 2.62 bits per heavy atom. The minimum absolute atomic E-state index is 0.817. The van der Waals surface area contributed by atoms with Crippen LogP contribution in [0.5, 0.6) is 5.75 Å². The van der Waals surface area contributed by atoms with Gasteiger partial charge < -0.3 is 15.4 Å². The van der Waals surface area contributed by atoms with Gasteiger partial charge in [-0.25, -0.2) is 0 Å². The number of rotatable bonds is 5. The number of benzene rings is 1. The monoisotopic (exact) mass is 222 g/mol. The number of ether oxygens (including phenoxy) is 1. The molecule has 0 fully saturated rings. The summed E-state index contributed by atoms with van der Waals surface area (Å²) in [5.74, 6) is 0.896. The quantitative estimate of drug-likeness (QED) is 0.779. The van der Waals surface area contributed by atoms with Crippen molar-refractivity contribution in [2.45, 2.75) is 26.7 Å². The predicted molar refractivity (Wildman–Crippen MR) is 70.3 cm³/mol. The largest absolute Gasteiger partial charge is 0.496 e. The van der Waals surface area contributed by atoms with Crippen molar-refractivity contribution in [3.8, 4) is 5.75 Å². The Morgan fingerprint density at radius 1 is 1.38 bits per heavy atom. The molecule has 0 unspecified atom stereocenters. The van der Waals surface area contributed by atoms with E-state index >= 15 is 0 Å². The van der Waals surface area contributed by atoms with E-state index in [9.17, 15) is 0 Å². The zero-order valence-electron chi connectivity index (χ0n) is 10.7. The van der Waals surface area contributed by atoms with E-state index in [0.29, 0.717) is 0 Å². The molecule has 90 valence electrons. The molecular weight excluding hydrogens is 200 g/mol. The van der Waals surface area contributed by atoms with Crippen molar-refractivity contribution in [1.29, 1.82) is 0 Å². The lowest BCUT2D eigenvalue weighted by Gasteiger charge is -2.22. The number of nitrogens with zero attached hydrogens (tertiary/aromatic N) is 1. The number of methoxy groups -OCH3 is 1. The summed E-state index contributed by atoms with van der Waals surface area (Å²) < 4.78 is 5.31. The lowest BCUT2D eigenvalue weighted by molar-refractivity contribution is 0.412. The van der Waals surface area contributed by atoms with Gasteiger partial charge >= 0.3 is 0 Å². The molecule has 0 bridgehead atoms. The molecule has 0 heterocycles. The molecule has 0 radical (unpaired) electrons. The maximum Gasteiger partial charge on any atom is 0.123 e. The van der Waals surface area contributed by atoms with Gasteiger partial charge in [0.2, 0.25) is 0 Å². The highest BCUT2D eigenvalue weighted by Gasteiger charge is 2.09. The average Bonchev–Trinajstić information content (AvgIpc) is 2.26. The van der Waals surface area contributed by atoms with E-state index in [0.717, 1.165) is 29.2 Å². The van der Waals surface area contributed by atoms with E-state index in [1.54, 1.807) is 7.11 Å². The molecule has 2 N–H and O–H groups in total. The standard InChI is InChI=1S/C13H22N2O/c1-5-6-7-15(3)12-9-13(16-4)10(2)8-11(12)14/h8-9H,5-7,14H2,1-4H3. The highest BCUT2D eigenvalue weighted by atomic mass is 16.5. The molecule has 0 aliphatic rings. The SMILES string of the molecule is CCCCN(C)c1cc(OC)c(C)cc1N. The van der Waals surface area contributed by atoms with Gasteiger partial charge in [0, 0.05) is 19.7 Å². The van der Waals surface area contributed by atoms with Gasteiger partial charge in [0.15, 0.2) is 0 Å². The van der Waals surface area contributed by atoms with E-state index in [4.69, 9.17) is 10.5 Å². The summed E-state index contributed by atoms with van der Waals surface area (Å²) in [6.45, 7) is 5.21. The fourth-order valence-corrected chi connectivity index (χ4v) is 1.77. The third-order valence-electron chi connectivity index (χ3n) is 2.80. The molecule has 0 spiro atoms. The first-order chi connectivity index (χ1) is 7.60. The van der Waals surface area contributed by atoms with Gasteiger partial charge in [0.1, 0.15) is 5.75 Å². The molecule has 0 aliphatic heterocycles. The van der Waals surface area contributed by atoms with E-state index in [1.165, 1.54) is 12.8 Å². The first-order valence-electron chi connectivity index (χ1n) is 5.75. The zero-order chi connectivity index (χ0) is 12.1. The van der Waals surface area contributed by atoms with Gasteiger partial charge in [-0.2, -0.15) is 0 Å². The van der Waals surface area contributed by atoms with Crippen molar-refractivity contribution in [3.05, 3.63) is 17.7 Å². The molecule has 16 heavy (non-hydrogen) atoms. The van der Waals surface area contributed by atoms with Crippen molar-refractivity contribution in [2.24, 2.45) is 0 Å². The van der Waals surface area contributed by atoms with Crippen LogP contribution in [0.4, 0.5) is 11.4 Å². The fourth-order valence-electron chi connectivity index (χ4n) is 1.77. The lowest BCUT2D eigenvalue weighted by Crippen LogP contribution is -2.19. The third-order valence-corrected chi connectivity index (χ3v) is 2.80. The van der Waals surface area contributed by atoms with Crippen LogP contribution in [0.3, 0.4) is 0 Å². The van der Waals surface area contributed by atoms with Crippen LogP contribution >= 0.6 is 0 Å². The van der Waals surface area contributed by atoms with Crippen LogP contribution in [0.1, 0.15) is 25.3 Å². The Hall–Kier alpha value is -1.38. The molecule has 1 aromatic rings. The van der Waals surface area contributed by atoms with Gasteiger partial charge in [0.05, 0.1) is 18.5 Å². The van der Waals surface area contributed by atoms with Gasteiger partial charge in [-0.3, -0.25) is 0 Å². The van der Waals surface area contributed by atoms with Crippen LogP contribution in [-0.2, 0) is 0 Å². The van der Waals surface area contributed by atoms with Crippen LogP contribution in [0.2, 0.25) is 0 Å². The fraction of sp³-hybridized carbons (Fsp3) is 0.538. The maximum absolute atomic E-state index is 6.02. The first-order valence-corrected chi connectivity index (χ1v) is 5.75. The minimum Gasteiger partial charge on any atom is -0.496 e. The second-order valence-electron chi connectivity index (χ2n) is 4.16. The van der Waals surface area contributed by atoms with E-state index < -0.39 is 0 Å². The molecule has 1 aromatic carbocycles. The Kier molecular flexibility index (Phi) is 4.47. The summed E-state index contributed by atoms with van der Waals surface area (Å²) in [5, 5.41) is 0. The molecule has 0 saturated carbocycles. The summed E-state index contributed by atoms with van der Waals surface area (Å²) in [6.07, 6.45) is 2.36. The topological polar surface area (TPSA) is 38.5 Å². The normalized spacial score (nSPS) is 10.2. The van der Waals surface area contributed by atoms with E-state index in [2.05, 4.69) is 18.9 Å². The van der Waals surface area contributed by atoms with Crippen LogP contribution in [-0.4, -0.2) is 20.7 Å². The molecular formula is C13H22N2O. The molecule has 0 aliphatic carbocycles. The van der Waals surface area contributed by atoms with Crippen LogP contribution in [0.15, 0.2) is 12.1 Å². The molecule has 0 amide bonds. The number of anilines is 2. The predicted octanol–water partition coefficient (Wildman–Crippen LogP) is 2.82. The summed E-state index contributed by atoms with van der Waals surface area (Å²) >= 11 is 0. The molecule has 0 atom stereocenters. The van der Waals surface area contributed by atoms with Gasteiger partial charge in [-0.15, -0.1) is 0 Å². The minimum atomic E-state index is 0.817. The van der Waals surface area contributed by atoms with Crippen molar-refractivity contribution in [1.82, 2.24) is 0 Å². The van der Waals surface area contributed by atoms with Crippen molar-refractivity contribution in [2.75, 3.05) is 31.3 Å². The lowest BCUT2D eigenvalue weighted by atomic mass is 10.1. The van der Waals surface area contributed by atoms with Crippen molar-refractivity contribution < 1.29 is 4.74 Å². The molecule has 0 aromatic heterocycles. The van der Waals surface area contributed by atoms with Gasteiger partial charge in [-0.05, 0) is 25.0 Å². The average molecular weight is 222 g/mol. The second-order valence-corrected chi connectivity index (χ2v) is 4.16. The van der Waals surface area contributed by atoms with Crippen LogP contribution in [0.25, 0.3) is 0 Å². The number of nitrogens with two attached hydrogens (primary N) is 1. The number of hydrogen-bond acceptors (Lipinski definition) is 3. The first kappa shape index (κ1) is 12.7. The number of nitrogen functional groups attached to an aromatic ring is 1. The van der Waals surface area contributed by atoms with Gasteiger partial charge in [0.25, 0.3) is 0 Å². The highest BCUT2D eigenvalue weighted by Crippen LogP contribution is 2.30. The molecule has 3 nitrogen and oxygen atoms in total. The number of hydrogen-bond donors (Lipinski definition) is 1. The van der Waals surface area contributed by atoms with Crippen LogP contribution in [0, 0.1) is 6.92 Å². The van der Waals surface area contributed by atoms with Crippen molar-refractivity contribution in [3.63, 3.8) is 0 Å². The van der Waals surface area contributed by atoms with E-state index in [1.807, 2.05) is 19.1 Å². The zero-order valence-corrected chi connectivity index (χ0v) is 10.7. The summed E-state index contributed by atoms with van der Waals surface area (Å²) in [7, 11) is 3.75. The number of aryl methyl sites for hydroxylation is 1. The Labute approximate surface area is 98.2 Å². The Balaban J connectivity index is 2.94. The second kappa shape index (κ2) is 5.64. The number of unbranched alkanes of at least 4 members (excludes halogenated alkanes) is 1. The van der Waals surface area contributed by atoms with Crippen LogP contribution < -0.4 is 15.4 Å². The van der Waals surface area contributed by atoms with Crippen molar-refractivity contribution >= 4 is 11.4 Å². The summed E-state index contributed by atoms with van der Waals surface area (Å²) in [4.78, 5) is 2.18. The molecule has 1 rings (SSSR count). The summed E-state index contributed by atoms with van der Waals surface area (Å²) in [6, 6.07) is 3.98. The van der Waals surface area contributed by atoms with E-state index in [-0.39, 0.29) is 0 Å². The smallest absolute Gasteiger partial charge is 0.123 e.